The first-order valence-corrected chi connectivity index (χ1v) is 6.62. The van der Waals surface area contributed by atoms with Crippen LogP contribution in [-0.4, -0.2) is 16.5 Å². The van der Waals surface area contributed by atoms with E-state index in [2.05, 4.69) is 34.7 Å². The largest absolute Gasteiger partial charge is 0.461 e. The molecule has 15 heavy (non-hydrogen) atoms. The van der Waals surface area contributed by atoms with E-state index < -0.39 is 0 Å². The Hall–Kier alpha value is -0.580. The van der Waals surface area contributed by atoms with Crippen molar-refractivity contribution in [3.8, 4) is 0 Å². The van der Waals surface area contributed by atoms with Gasteiger partial charge in [0.1, 0.15) is 6.10 Å². The van der Waals surface area contributed by atoms with Crippen LogP contribution in [0.2, 0.25) is 0 Å². The molecule has 0 aliphatic carbocycles. The van der Waals surface area contributed by atoms with Crippen LogP contribution in [0.15, 0.2) is 30.3 Å². The highest BCUT2D eigenvalue weighted by Crippen LogP contribution is 2.25. The van der Waals surface area contributed by atoms with Gasteiger partial charge in [0.25, 0.3) is 0 Å². The van der Waals surface area contributed by atoms with E-state index in [1.54, 1.807) is 0 Å². The lowest BCUT2D eigenvalue weighted by atomic mass is 9.97. The van der Waals surface area contributed by atoms with Gasteiger partial charge >= 0.3 is 5.97 Å². The Morgan fingerprint density at radius 3 is 2.67 bits per heavy atom. The molecule has 1 aliphatic heterocycles. The third-order valence-corrected chi connectivity index (χ3v) is 3.64. The van der Waals surface area contributed by atoms with E-state index in [1.165, 1.54) is 5.56 Å². The molecule has 0 saturated carbocycles. The molecule has 0 N–H and O–H groups in total. The van der Waals surface area contributed by atoms with Crippen LogP contribution in [0.4, 0.5) is 0 Å². The Labute approximate surface area is 103 Å². The van der Waals surface area contributed by atoms with Gasteiger partial charge in [-0.25, -0.2) is 0 Å². The summed E-state index contributed by atoms with van der Waals surface area (Å²) in [5.41, 5.74) is 1.22. The summed E-state index contributed by atoms with van der Waals surface area (Å²) in [5, 5.41) is 0. The van der Waals surface area contributed by atoms with E-state index in [4.69, 9.17) is 4.74 Å². The zero-order valence-electron chi connectivity index (χ0n) is 8.36. The van der Waals surface area contributed by atoms with Crippen molar-refractivity contribution in [2.24, 2.45) is 5.92 Å². The normalized spacial score (nSPS) is 25.3. The fourth-order valence-electron chi connectivity index (χ4n) is 1.88. The Morgan fingerprint density at radius 2 is 2.07 bits per heavy atom. The standard InChI is InChI=1S/C12H13IO2/c13-8-11-7-10(12(14)15-11)6-9-4-2-1-3-5-9/h1-5,10-11H,6-8H2/t10-,11+/m0/s1. The number of alkyl halides is 1. The van der Waals surface area contributed by atoms with Crippen LogP contribution < -0.4 is 0 Å². The van der Waals surface area contributed by atoms with Crippen LogP contribution in [0, 0.1) is 5.92 Å². The van der Waals surface area contributed by atoms with E-state index >= 15 is 0 Å². The van der Waals surface area contributed by atoms with Crippen LogP contribution in [-0.2, 0) is 16.0 Å². The molecule has 80 valence electrons. The third kappa shape index (κ3) is 2.71. The smallest absolute Gasteiger partial charge is 0.309 e. The number of carbonyl (C=O) groups excluding carboxylic acids is 1. The topological polar surface area (TPSA) is 26.3 Å². The number of ether oxygens (including phenoxy) is 1. The summed E-state index contributed by atoms with van der Waals surface area (Å²) in [6.07, 6.45) is 1.82. The summed E-state index contributed by atoms with van der Waals surface area (Å²) in [6, 6.07) is 10.1. The molecule has 1 fully saturated rings. The van der Waals surface area contributed by atoms with Crippen molar-refractivity contribution < 1.29 is 9.53 Å². The molecular weight excluding hydrogens is 303 g/mol. The Balaban J connectivity index is 1.99. The van der Waals surface area contributed by atoms with Gasteiger partial charge in [0.05, 0.1) is 5.92 Å². The van der Waals surface area contributed by atoms with Gasteiger partial charge in [-0.05, 0) is 18.4 Å². The molecule has 1 heterocycles. The molecule has 1 aliphatic rings. The van der Waals surface area contributed by atoms with Crippen molar-refractivity contribution >= 4 is 28.6 Å². The summed E-state index contributed by atoms with van der Waals surface area (Å²) < 4.78 is 6.15. The van der Waals surface area contributed by atoms with E-state index in [-0.39, 0.29) is 18.0 Å². The number of hydrogen-bond donors (Lipinski definition) is 0. The maximum Gasteiger partial charge on any atom is 0.309 e. The number of hydrogen-bond acceptors (Lipinski definition) is 2. The molecule has 3 heteroatoms. The second kappa shape index (κ2) is 4.96. The predicted molar refractivity (Wildman–Crippen MR) is 67.0 cm³/mol. The van der Waals surface area contributed by atoms with Gasteiger partial charge in [-0.1, -0.05) is 52.9 Å². The number of esters is 1. The predicted octanol–water partition coefficient (Wildman–Crippen LogP) is 2.60. The van der Waals surface area contributed by atoms with Gasteiger partial charge in [0.2, 0.25) is 0 Å². The molecule has 2 rings (SSSR count). The molecular formula is C12H13IO2. The molecule has 0 unspecified atom stereocenters. The summed E-state index contributed by atoms with van der Waals surface area (Å²) >= 11 is 2.26. The molecule has 0 bridgehead atoms. The lowest BCUT2D eigenvalue weighted by Crippen LogP contribution is -2.10. The minimum Gasteiger partial charge on any atom is -0.461 e. The van der Waals surface area contributed by atoms with Crippen LogP contribution in [0.5, 0.6) is 0 Å². The lowest BCUT2D eigenvalue weighted by Gasteiger charge is -2.04. The second-order valence-corrected chi connectivity index (χ2v) is 4.72. The molecule has 2 nitrogen and oxygen atoms in total. The SMILES string of the molecule is O=C1O[C@@H](CI)C[C@@H]1Cc1ccccc1. The molecule has 1 saturated heterocycles. The van der Waals surface area contributed by atoms with Crippen molar-refractivity contribution in [2.75, 3.05) is 4.43 Å². The lowest BCUT2D eigenvalue weighted by molar-refractivity contribution is -0.143. The highest BCUT2D eigenvalue weighted by molar-refractivity contribution is 14.1. The quantitative estimate of drug-likeness (QED) is 0.487. The number of carbonyl (C=O) groups is 1. The average molecular weight is 316 g/mol. The second-order valence-electron chi connectivity index (χ2n) is 3.84. The molecule has 0 amide bonds. The minimum atomic E-state index is -0.0273. The first kappa shape index (κ1) is 10.9. The fourth-order valence-corrected chi connectivity index (χ4v) is 2.42. The van der Waals surface area contributed by atoms with Gasteiger partial charge < -0.3 is 4.74 Å². The van der Waals surface area contributed by atoms with Gasteiger partial charge in [-0.3, -0.25) is 4.79 Å². The molecule has 2 atom stereocenters. The summed E-state index contributed by atoms with van der Waals surface area (Å²) in [4.78, 5) is 11.5. The Bertz CT molecular complexity index is 337. The van der Waals surface area contributed by atoms with E-state index in [0.29, 0.717) is 0 Å². The maximum absolute atomic E-state index is 11.5. The minimum absolute atomic E-state index is 0.0273. The van der Waals surface area contributed by atoms with Crippen molar-refractivity contribution in [1.82, 2.24) is 0 Å². The Morgan fingerprint density at radius 1 is 1.33 bits per heavy atom. The van der Waals surface area contributed by atoms with Gasteiger partial charge in [-0.2, -0.15) is 0 Å². The first-order valence-electron chi connectivity index (χ1n) is 5.10. The van der Waals surface area contributed by atoms with Crippen molar-refractivity contribution in [3.63, 3.8) is 0 Å². The highest BCUT2D eigenvalue weighted by atomic mass is 127. The summed E-state index contributed by atoms with van der Waals surface area (Å²) in [6.45, 7) is 0. The number of benzene rings is 1. The summed E-state index contributed by atoms with van der Waals surface area (Å²) in [7, 11) is 0. The molecule has 1 aromatic carbocycles. The monoisotopic (exact) mass is 316 g/mol. The first-order chi connectivity index (χ1) is 7.29. The number of rotatable bonds is 3. The van der Waals surface area contributed by atoms with Gasteiger partial charge in [-0.15, -0.1) is 0 Å². The van der Waals surface area contributed by atoms with E-state index in [9.17, 15) is 4.79 Å². The van der Waals surface area contributed by atoms with E-state index in [0.717, 1.165) is 17.3 Å². The fraction of sp³-hybridized carbons (Fsp3) is 0.417. The number of cyclic esters (lactones) is 1. The zero-order valence-corrected chi connectivity index (χ0v) is 10.5. The van der Waals surface area contributed by atoms with Crippen LogP contribution in [0.1, 0.15) is 12.0 Å². The molecule has 0 aromatic heterocycles. The van der Waals surface area contributed by atoms with Crippen molar-refractivity contribution in [1.29, 1.82) is 0 Å². The van der Waals surface area contributed by atoms with E-state index in [1.807, 2.05) is 18.2 Å². The third-order valence-electron chi connectivity index (χ3n) is 2.66. The van der Waals surface area contributed by atoms with Crippen LogP contribution >= 0.6 is 22.6 Å². The Kier molecular flexibility index (Phi) is 3.61. The van der Waals surface area contributed by atoms with Crippen LogP contribution in [0.3, 0.4) is 0 Å². The maximum atomic E-state index is 11.5. The van der Waals surface area contributed by atoms with Gasteiger partial charge in [0.15, 0.2) is 0 Å². The van der Waals surface area contributed by atoms with Crippen LogP contribution in [0.25, 0.3) is 0 Å². The molecule has 1 aromatic rings. The average Bonchev–Trinajstić information content (AvgIpc) is 2.61. The van der Waals surface area contributed by atoms with Gasteiger partial charge in [0, 0.05) is 4.43 Å². The van der Waals surface area contributed by atoms with Crippen molar-refractivity contribution in [3.05, 3.63) is 35.9 Å². The highest BCUT2D eigenvalue weighted by Gasteiger charge is 2.33. The molecule has 0 spiro atoms. The van der Waals surface area contributed by atoms with Crippen molar-refractivity contribution in [2.45, 2.75) is 18.9 Å². The summed E-state index contributed by atoms with van der Waals surface area (Å²) in [5.74, 6) is 0.0349. The number of halogens is 1. The zero-order chi connectivity index (χ0) is 10.7. The molecule has 0 radical (unpaired) electrons.